The van der Waals surface area contributed by atoms with Crippen molar-refractivity contribution in [1.82, 2.24) is 4.31 Å². The van der Waals surface area contributed by atoms with Crippen molar-refractivity contribution in [3.05, 3.63) is 48.5 Å². The maximum atomic E-state index is 13.6. The zero-order chi connectivity index (χ0) is 25.2. The molecule has 2 saturated heterocycles. The molecule has 0 bridgehead atoms. The number of anilines is 1. The van der Waals surface area contributed by atoms with E-state index in [9.17, 15) is 22.8 Å². The summed E-state index contributed by atoms with van der Waals surface area (Å²) in [5.41, 5.74) is 0.261. The maximum absolute atomic E-state index is 13.6. The van der Waals surface area contributed by atoms with Crippen LogP contribution in [0.3, 0.4) is 0 Å². The Balaban J connectivity index is 1.64. The number of ether oxygens (including phenoxy) is 3. The average Bonchev–Trinajstić information content (AvgIpc) is 3.45. The van der Waals surface area contributed by atoms with Crippen LogP contribution < -0.4 is 14.4 Å². The Morgan fingerprint density at radius 1 is 1.09 bits per heavy atom. The molecule has 2 aromatic rings. The molecule has 0 N–H and O–H groups in total. The molecule has 11 heteroatoms. The van der Waals surface area contributed by atoms with Crippen molar-refractivity contribution in [1.29, 1.82) is 0 Å². The third-order valence-electron chi connectivity index (χ3n) is 5.90. The van der Waals surface area contributed by atoms with Gasteiger partial charge in [-0.1, -0.05) is 0 Å². The topological polar surface area (TPSA) is 120 Å². The van der Waals surface area contributed by atoms with Crippen LogP contribution in [-0.4, -0.2) is 62.9 Å². The molecule has 2 atom stereocenters. The number of rotatable bonds is 8. The van der Waals surface area contributed by atoms with Gasteiger partial charge in [-0.3, -0.25) is 14.4 Å². The van der Waals surface area contributed by atoms with Crippen LogP contribution in [0.25, 0.3) is 0 Å². The van der Waals surface area contributed by atoms with Crippen molar-refractivity contribution < 1.29 is 37.0 Å². The molecular weight excluding hydrogens is 476 g/mol. The standard InChI is InChI=1S/C24H26N2O8S/c1-16(27)34-19-7-5-17(6-8-19)26-23(28)14-22(24(26)29)25(15-20-4-3-13-33-20)35(30,31)21-11-9-18(32-2)10-12-21/h5-12,20,22H,3-4,13-15H2,1-2H3. The van der Waals surface area contributed by atoms with Crippen LogP contribution >= 0.6 is 0 Å². The van der Waals surface area contributed by atoms with Crippen LogP contribution in [0, 0.1) is 0 Å². The van der Waals surface area contributed by atoms with Gasteiger partial charge in [0.2, 0.25) is 15.9 Å². The molecule has 186 valence electrons. The molecule has 2 aliphatic heterocycles. The second kappa shape index (κ2) is 10.1. The molecule has 10 nitrogen and oxygen atoms in total. The number of imide groups is 1. The predicted octanol–water partition coefficient (Wildman–Crippen LogP) is 2.12. The van der Waals surface area contributed by atoms with Gasteiger partial charge in [0.1, 0.15) is 17.5 Å². The number of hydrogen-bond acceptors (Lipinski definition) is 8. The second-order valence-corrected chi connectivity index (χ2v) is 10.2. The summed E-state index contributed by atoms with van der Waals surface area (Å²) >= 11 is 0. The highest BCUT2D eigenvalue weighted by Gasteiger charge is 2.47. The molecule has 0 spiro atoms. The van der Waals surface area contributed by atoms with Gasteiger partial charge >= 0.3 is 5.97 Å². The minimum atomic E-state index is -4.14. The van der Waals surface area contributed by atoms with Gasteiger partial charge in [0.05, 0.1) is 30.2 Å². The number of hydrogen-bond donors (Lipinski definition) is 0. The number of esters is 1. The summed E-state index contributed by atoms with van der Waals surface area (Å²) in [5, 5.41) is 0. The SMILES string of the molecule is COc1ccc(S(=O)(=O)N(CC2CCCO2)C2CC(=O)N(c3ccc(OC(C)=O)cc3)C2=O)cc1. The molecule has 2 aliphatic rings. The van der Waals surface area contributed by atoms with E-state index in [1.807, 2.05) is 0 Å². The molecule has 0 aromatic heterocycles. The molecule has 0 radical (unpaired) electrons. The fraction of sp³-hybridized carbons (Fsp3) is 0.375. The molecule has 2 unspecified atom stereocenters. The molecular formula is C24H26N2O8S. The highest BCUT2D eigenvalue weighted by molar-refractivity contribution is 7.89. The van der Waals surface area contributed by atoms with Crippen molar-refractivity contribution in [2.75, 3.05) is 25.2 Å². The fourth-order valence-corrected chi connectivity index (χ4v) is 5.82. The lowest BCUT2D eigenvalue weighted by Gasteiger charge is -2.29. The fourth-order valence-electron chi connectivity index (χ4n) is 4.21. The summed E-state index contributed by atoms with van der Waals surface area (Å²) < 4.78 is 44.1. The van der Waals surface area contributed by atoms with Gasteiger partial charge in [-0.15, -0.1) is 0 Å². The van der Waals surface area contributed by atoms with E-state index in [4.69, 9.17) is 14.2 Å². The van der Waals surface area contributed by atoms with E-state index in [1.165, 1.54) is 62.6 Å². The molecule has 2 amide bonds. The van der Waals surface area contributed by atoms with E-state index in [1.54, 1.807) is 0 Å². The van der Waals surface area contributed by atoms with Gasteiger partial charge in [-0.2, -0.15) is 4.31 Å². The van der Waals surface area contributed by atoms with Crippen molar-refractivity contribution >= 4 is 33.5 Å². The van der Waals surface area contributed by atoms with Gasteiger partial charge in [-0.05, 0) is 61.4 Å². The minimum absolute atomic E-state index is 0.0132. The number of methoxy groups -OCH3 is 1. The van der Waals surface area contributed by atoms with E-state index in [-0.39, 0.29) is 35.4 Å². The van der Waals surface area contributed by atoms with Gasteiger partial charge in [0, 0.05) is 20.1 Å². The lowest BCUT2D eigenvalue weighted by Crippen LogP contribution is -2.48. The lowest BCUT2D eigenvalue weighted by molar-refractivity contribution is -0.132. The molecule has 2 heterocycles. The van der Waals surface area contributed by atoms with Crippen LogP contribution in [0.5, 0.6) is 11.5 Å². The van der Waals surface area contributed by atoms with Crippen LogP contribution in [0.4, 0.5) is 5.69 Å². The van der Waals surface area contributed by atoms with E-state index < -0.39 is 33.8 Å². The van der Waals surface area contributed by atoms with Gasteiger partial charge in [-0.25, -0.2) is 13.3 Å². The Morgan fingerprint density at radius 3 is 2.31 bits per heavy atom. The van der Waals surface area contributed by atoms with E-state index in [0.29, 0.717) is 18.8 Å². The van der Waals surface area contributed by atoms with Crippen molar-refractivity contribution in [3.8, 4) is 11.5 Å². The minimum Gasteiger partial charge on any atom is -0.497 e. The first-order chi connectivity index (χ1) is 16.7. The molecule has 0 aliphatic carbocycles. The van der Waals surface area contributed by atoms with Crippen LogP contribution in [0.1, 0.15) is 26.2 Å². The second-order valence-electron chi connectivity index (χ2n) is 8.26. The van der Waals surface area contributed by atoms with Crippen molar-refractivity contribution in [2.24, 2.45) is 0 Å². The highest BCUT2D eigenvalue weighted by atomic mass is 32.2. The Kier molecular flexibility index (Phi) is 7.20. The third kappa shape index (κ3) is 5.21. The van der Waals surface area contributed by atoms with Crippen LogP contribution in [0.2, 0.25) is 0 Å². The normalized spacial score (nSPS) is 20.5. The predicted molar refractivity (Wildman–Crippen MR) is 125 cm³/mol. The lowest BCUT2D eigenvalue weighted by atomic mass is 10.2. The maximum Gasteiger partial charge on any atom is 0.308 e. The summed E-state index contributed by atoms with van der Waals surface area (Å²) in [4.78, 5) is 38.4. The Labute approximate surface area is 203 Å². The first-order valence-electron chi connectivity index (χ1n) is 11.1. The zero-order valence-corrected chi connectivity index (χ0v) is 20.2. The van der Waals surface area contributed by atoms with Gasteiger partial charge in [0.25, 0.3) is 5.91 Å². The number of sulfonamides is 1. The van der Waals surface area contributed by atoms with E-state index >= 15 is 0 Å². The average molecular weight is 503 g/mol. The molecule has 0 saturated carbocycles. The van der Waals surface area contributed by atoms with Gasteiger partial charge in [0.15, 0.2) is 0 Å². The number of benzene rings is 2. The van der Waals surface area contributed by atoms with Crippen LogP contribution in [-0.2, 0) is 29.1 Å². The summed E-state index contributed by atoms with van der Waals surface area (Å²) in [6.45, 7) is 1.73. The van der Waals surface area contributed by atoms with Crippen LogP contribution in [0.15, 0.2) is 53.4 Å². The van der Waals surface area contributed by atoms with Crippen molar-refractivity contribution in [2.45, 2.75) is 43.2 Å². The summed E-state index contributed by atoms with van der Waals surface area (Å²) in [6, 6.07) is 10.5. The largest absolute Gasteiger partial charge is 0.497 e. The Hall–Kier alpha value is -3.28. The first-order valence-corrected chi connectivity index (χ1v) is 12.6. The summed E-state index contributed by atoms with van der Waals surface area (Å²) in [5.74, 6) is -0.920. The number of amides is 2. The Morgan fingerprint density at radius 2 is 1.74 bits per heavy atom. The summed E-state index contributed by atoms with van der Waals surface area (Å²) in [6.07, 6.45) is 0.777. The monoisotopic (exact) mass is 502 g/mol. The number of carbonyl (C=O) groups is 3. The third-order valence-corrected chi connectivity index (χ3v) is 7.79. The molecule has 2 aromatic carbocycles. The van der Waals surface area contributed by atoms with E-state index in [2.05, 4.69) is 0 Å². The molecule has 4 rings (SSSR count). The molecule has 2 fully saturated rings. The van der Waals surface area contributed by atoms with Crippen molar-refractivity contribution in [3.63, 3.8) is 0 Å². The smallest absolute Gasteiger partial charge is 0.308 e. The first kappa shape index (κ1) is 24.8. The van der Waals surface area contributed by atoms with E-state index in [0.717, 1.165) is 15.6 Å². The summed E-state index contributed by atoms with van der Waals surface area (Å²) in [7, 11) is -2.66. The number of nitrogens with zero attached hydrogens (tertiary/aromatic N) is 2. The quantitative estimate of drug-likeness (QED) is 0.306. The van der Waals surface area contributed by atoms with Gasteiger partial charge < -0.3 is 14.2 Å². The number of carbonyl (C=O) groups excluding carboxylic acids is 3. The highest BCUT2D eigenvalue weighted by Crippen LogP contribution is 2.32. The zero-order valence-electron chi connectivity index (χ0n) is 19.4. The Bertz CT molecular complexity index is 1210. The molecule has 35 heavy (non-hydrogen) atoms.